The molecule has 3 rings (SSSR count). The van der Waals surface area contributed by atoms with E-state index in [4.69, 9.17) is 8.94 Å². The molecule has 0 aliphatic carbocycles. The fourth-order valence-corrected chi connectivity index (χ4v) is 2.85. The second-order valence-corrected chi connectivity index (χ2v) is 6.74. The number of rotatable bonds is 5. The highest BCUT2D eigenvalue weighted by Gasteiger charge is 2.33. The Labute approximate surface area is 139 Å². The number of H-pyrrole nitrogens is 1. The Morgan fingerprint density at radius 2 is 2.04 bits per heavy atom. The Kier molecular flexibility index (Phi) is 4.16. The molecule has 12 heteroatoms. The van der Waals surface area contributed by atoms with Crippen molar-refractivity contribution < 1.29 is 30.5 Å². The summed E-state index contributed by atoms with van der Waals surface area (Å²) in [4.78, 5) is 0. The monoisotopic (exact) mass is 376 g/mol. The van der Waals surface area contributed by atoms with Gasteiger partial charge in [-0.05, 0) is 25.1 Å². The normalized spacial score (nSPS) is 12.6. The summed E-state index contributed by atoms with van der Waals surface area (Å²) in [7, 11) is -4.02. The minimum Gasteiger partial charge on any atom is -0.442 e. The van der Waals surface area contributed by atoms with Gasteiger partial charge in [-0.25, -0.2) is 13.1 Å². The van der Waals surface area contributed by atoms with Crippen molar-refractivity contribution in [3.05, 3.63) is 41.4 Å². The molecule has 0 atom stereocenters. The van der Waals surface area contributed by atoms with Gasteiger partial charge in [0.05, 0.1) is 12.2 Å². The van der Waals surface area contributed by atoms with Crippen LogP contribution in [0.3, 0.4) is 0 Å². The van der Waals surface area contributed by atoms with Crippen molar-refractivity contribution in [1.82, 2.24) is 20.1 Å². The van der Waals surface area contributed by atoms with Crippen molar-refractivity contribution in [3.63, 3.8) is 0 Å². The molecule has 0 fully saturated rings. The molecule has 0 unspecified atom stereocenters. The van der Waals surface area contributed by atoms with Gasteiger partial charge in [-0.15, -0.1) is 0 Å². The van der Waals surface area contributed by atoms with Crippen LogP contribution in [0.15, 0.2) is 38.3 Å². The summed E-state index contributed by atoms with van der Waals surface area (Å²) in [5.41, 5.74) is -0.643. The van der Waals surface area contributed by atoms with E-state index in [1.807, 2.05) is 5.10 Å². The lowest BCUT2D eigenvalue weighted by Crippen LogP contribution is -2.22. The molecule has 0 spiro atoms. The van der Waals surface area contributed by atoms with Crippen LogP contribution >= 0.6 is 0 Å². The molecule has 0 aromatic carbocycles. The summed E-state index contributed by atoms with van der Waals surface area (Å²) in [6, 6.07) is 4.60. The van der Waals surface area contributed by atoms with Gasteiger partial charge in [-0.2, -0.15) is 18.3 Å². The molecule has 0 bridgehead atoms. The predicted molar refractivity (Wildman–Crippen MR) is 76.6 cm³/mol. The Morgan fingerprint density at radius 3 is 2.64 bits per heavy atom. The Hall–Kier alpha value is -2.60. The Balaban J connectivity index is 1.76. The lowest BCUT2D eigenvalue weighted by Gasteiger charge is -2.01. The quantitative estimate of drug-likeness (QED) is 0.707. The van der Waals surface area contributed by atoms with Gasteiger partial charge in [0.2, 0.25) is 5.09 Å². The van der Waals surface area contributed by atoms with Gasteiger partial charge in [0.1, 0.15) is 11.4 Å². The highest BCUT2D eigenvalue weighted by molar-refractivity contribution is 7.89. The molecule has 2 N–H and O–H groups in total. The number of nitrogens with one attached hydrogen (secondary N) is 2. The molecule has 0 saturated heterocycles. The average Bonchev–Trinajstić information content (AvgIpc) is 3.24. The fourth-order valence-electron chi connectivity index (χ4n) is 1.93. The van der Waals surface area contributed by atoms with Crippen LogP contribution in [-0.4, -0.2) is 23.8 Å². The van der Waals surface area contributed by atoms with Crippen molar-refractivity contribution in [2.45, 2.75) is 24.7 Å². The molecule has 3 aromatic heterocycles. The van der Waals surface area contributed by atoms with E-state index >= 15 is 0 Å². The highest BCUT2D eigenvalue weighted by atomic mass is 32.2. The van der Waals surface area contributed by atoms with Crippen LogP contribution in [0.4, 0.5) is 13.2 Å². The zero-order valence-electron chi connectivity index (χ0n) is 12.6. The van der Waals surface area contributed by atoms with Crippen molar-refractivity contribution >= 4 is 10.0 Å². The number of aromatic nitrogens is 3. The molecule has 8 nitrogen and oxygen atoms in total. The fraction of sp³-hybridized carbons (Fsp3) is 0.231. The largest absolute Gasteiger partial charge is 0.442 e. The zero-order chi connectivity index (χ0) is 18.2. The molecular formula is C13H11F3N4O4S. The number of aromatic amines is 1. The average molecular weight is 376 g/mol. The zero-order valence-corrected chi connectivity index (χ0v) is 13.4. The summed E-state index contributed by atoms with van der Waals surface area (Å²) >= 11 is 0. The first kappa shape index (κ1) is 17.2. The summed E-state index contributed by atoms with van der Waals surface area (Å²) in [6.07, 6.45) is -4.59. The minimum absolute atomic E-state index is 0.123. The van der Waals surface area contributed by atoms with E-state index in [1.165, 1.54) is 6.07 Å². The first-order chi connectivity index (χ1) is 11.6. The lowest BCUT2D eigenvalue weighted by atomic mass is 10.3. The van der Waals surface area contributed by atoms with Crippen LogP contribution < -0.4 is 4.72 Å². The minimum atomic E-state index is -4.59. The number of hydrogen-bond donors (Lipinski definition) is 2. The van der Waals surface area contributed by atoms with E-state index in [1.54, 1.807) is 13.0 Å². The third-order valence-corrected chi connectivity index (χ3v) is 4.37. The van der Waals surface area contributed by atoms with E-state index in [0.29, 0.717) is 11.5 Å². The number of nitrogens with zero attached hydrogens (tertiary/aromatic N) is 2. The van der Waals surface area contributed by atoms with Crippen molar-refractivity contribution in [2.75, 3.05) is 0 Å². The standard InChI is InChI=1S/C13H11F3N4O4S/c1-7-4-8(24-20-7)6-17-25(21,22)12-3-2-10(23-12)9-5-11(19-18-9)13(14,15)16/h2-5,17H,6H2,1H3,(H,18,19). The molecule has 3 heterocycles. The number of furan rings is 1. The van der Waals surface area contributed by atoms with Crippen LogP contribution in [0.2, 0.25) is 0 Å². The molecule has 0 saturated carbocycles. The summed E-state index contributed by atoms with van der Waals surface area (Å²) in [6.45, 7) is 1.53. The van der Waals surface area contributed by atoms with Gasteiger partial charge in [0, 0.05) is 6.07 Å². The van der Waals surface area contributed by atoms with E-state index in [-0.39, 0.29) is 18.0 Å². The molecule has 3 aromatic rings. The van der Waals surface area contributed by atoms with Crippen LogP contribution in [0.1, 0.15) is 17.1 Å². The number of hydrogen-bond acceptors (Lipinski definition) is 6. The third-order valence-electron chi connectivity index (χ3n) is 3.10. The second kappa shape index (κ2) is 6.04. The van der Waals surface area contributed by atoms with Gasteiger partial charge >= 0.3 is 6.18 Å². The number of halogens is 3. The molecule has 25 heavy (non-hydrogen) atoms. The highest BCUT2D eigenvalue weighted by Crippen LogP contribution is 2.31. The smallest absolute Gasteiger partial charge is 0.432 e. The SMILES string of the molecule is Cc1cc(CNS(=O)(=O)c2ccc(-c3cc(C(F)(F)F)[nH]n3)o2)on1. The number of sulfonamides is 1. The van der Waals surface area contributed by atoms with Gasteiger partial charge in [-0.3, -0.25) is 5.10 Å². The van der Waals surface area contributed by atoms with Crippen LogP contribution in [0, 0.1) is 6.92 Å². The Bertz CT molecular complexity index is 987. The maximum Gasteiger partial charge on any atom is 0.432 e. The summed E-state index contributed by atoms with van der Waals surface area (Å²) in [5.74, 6) is 0.178. The molecule has 0 aliphatic rings. The summed E-state index contributed by atoms with van der Waals surface area (Å²) in [5, 5.41) is 8.45. The van der Waals surface area contributed by atoms with E-state index < -0.39 is 27.0 Å². The van der Waals surface area contributed by atoms with E-state index in [0.717, 1.165) is 12.1 Å². The first-order valence-corrected chi connectivity index (χ1v) is 8.28. The molecule has 0 amide bonds. The second-order valence-electron chi connectivity index (χ2n) is 5.04. The van der Waals surface area contributed by atoms with Gasteiger partial charge in [0.15, 0.2) is 11.5 Å². The predicted octanol–water partition coefficient (Wildman–Crippen LogP) is 2.46. The molecular weight excluding hydrogens is 365 g/mol. The van der Waals surface area contributed by atoms with Crippen molar-refractivity contribution in [3.8, 4) is 11.5 Å². The van der Waals surface area contributed by atoms with Gasteiger partial charge < -0.3 is 8.94 Å². The number of alkyl halides is 3. The topological polar surface area (TPSA) is 114 Å². The molecule has 0 aliphatic heterocycles. The Morgan fingerprint density at radius 1 is 1.28 bits per heavy atom. The molecule has 134 valence electrons. The van der Waals surface area contributed by atoms with Crippen LogP contribution in [-0.2, 0) is 22.7 Å². The molecule has 0 radical (unpaired) electrons. The first-order valence-electron chi connectivity index (χ1n) is 6.80. The third kappa shape index (κ3) is 3.74. The number of aryl methyl sites for hydroxylation is 1. The van der Waals surface area contributed by atoms with E-state index in [2.05, 4.69) is 15.0 Å². The van der Waals surface area contributed by atoms with Crippen molar-refractivity contribution in [2.24, 2.45) is 0 Å². The van der Waals surface area contributed by atoms with Crippen LogP contribution in [0.5, 0.6) is 0 Å². The van der Waals surface area contributed by atoms with Crippen LogP contribution in [0.25, 0.3) is 11.5 Å². The maximum absolute atomic E-state index is 12.6. The van der Waals surface area contributed by atoms with Gasteiger partial charge in [0.25, 0.3) is 10.0 Å². The van der Waals surface area contributed by atoms with Crippen molar-refractivity contribution in [1.29, 1.82) is 0 Å². The van der Waals surface area contributed by atoms with E-state index in [9.17, 15) is 21.6 Å². The van der Waals surface area contributed by atoms with Gasteiger partial charge in [-0.1, -0.05) is 5.16 Å². The maximum atomic E-state index is 12.6. The lowest BCUT2D eigenvalue weighted by molar-refractivity contribution is -0.141. The summed E-state index contributed by atoms with van der Waals surface area (Å²) < 4.78 is 74.2.